The highest BCUT2D eigenvalue weighted by Crippen LogP contribution is 2.43. The van der Waals surface area contributed by atoms with Crippen molar-refractivity contribution in [1.29, 1.82) is 0 Å². The number of amides is 4. The van der Waals surface area contributed by atoms with Gasteiger partial charge in [-0.3, -0.25) is 14.5 Å². The van der Waals surface area contributed by atoms with Crippen LogP contribution in [0.2, 0.25) is 0 Å². The summed E-state index contributed by atoms with van der Waals surface area (Å²) in [5, 5.41) is 2.94. The second-order valence-corrected chi connectivity index (χ2v) is 10.0. The monoisotopic (exact) mass is 475 g/mol. The van der Waals surface area contributed by atoms with Gasteiger partial charge in [0.05, 0.1) is 12.1 Å². The van der Waals surface area contributed by atoms with Crippen molar-refractivity contribution in [2.24, 2.45) is 5.92 Å². The Morgan fingerprint density at radius 2 is 1.80 bits per heavy atom. The van der Waals surface area contributed by atoms with Gasteiger partial charge in [-0.25, -0.2) is 4.79 Å². The van der Waals surface area contributed by atoms with Crippen LogP contribution < -0.4 is 5.32 Å². The maximum Gasteiger partial charge on any atom is 0.327 e. The third kappa shape index (κ3) is 4.69. The number of nitrogens with zero attached hydrogens (tertiary/aromatic N) is 2. The normalized spacial score (nSPS) is 25.9. The van der Waals surface area contributed by atoms with Gasteiger partial charge in [0, 0.05) is 18.2 Å². The number of hydrogen-bond acceptors (Lipinski definition) is 4. The number of anilines is 1. The largest absolute Gasteiger partial charge is 0.363 e. The topological polar surface area (TPSA) is 79.0 Å². The third-order valence-corrected chi connectivity index (χ3v) is 7.74. The number of nitrogens with one attached hydrogen (secondary N) is 1. The Labute approximate surface area is 206 Å². The van der Waals surface area contributed by atoms with Gasteiger partial charge in [0.2, 0.25) is 5.91 Å². The molecule has 184 valence electrons. The Bertz CT molecular complexity index is 1120. The van der Waals surface area contributed by atoms with Crippen LogP contribution in [0.1, 0.15) is 42.4 Å². The molecule has 2 aromatic carbocycles. The fourth-order valence-corrected chi connectivity index (χ4v) is 5.75. The highest BCUT2D eigenvalue weighted by atomic mass is 16.5. The highest BCUT2D eigenvalue weighted by Gasteiger charge is 2.57. The van der Waals surface area contributed by atoms with Crippen molar-refractivity contribution in [2.75, 3.05) is 18.4 Å². The molecule has 4 unspecified atom stereocenters. The van der Waals surface area contributed by atoms with Crippen LogP contribution in [0.25, 0.3) is 0 Å². The zero-order chi connectivity index (χ0) is 24.5. The standard InChI is InChI=1S/C28H33N3O4/c1-18-12-13-21(16-19(18)2)29-24(32)17-31-25-22-10-6-7-11-23(22)35-26(25)27(33)30(28(31)34)15-14-20-8-4-3-5-9-20/h3-5,8-9,12-13,16,22-23,25-26H,6-7,10-11,14-15,17H2,1-2H3,(H,29,32). The first-order valence-electron chi connectivity index (χ1n) is 12.6. The summed E-state index contributed by atoms with van der Waals surface area (Å²) in [6.45, 7) is 4.18. The number of fused-ring (bicyclic) bond motifs is 3. The molecule has 1 N–H and O–H groups in total. The van der Waals surface area contributed by atoms with E-state index in [1.165, 1.54) is 4.90 Å². The molecule has 2 saturated heterocycles. The van der Waals surface area contributed by atoms with E-state index in [9.17, 15) is 14.4 Å². The van der Waals surface area contributed by atoms with Crippen LogP contribution in [-0.4, -0.2) is 59.0 Å². The number of carbonyl (C=O) groups is 3. The van der Waals surface area contributed by atoms with E-state index in [0.717, 1.165) is 42.4 Å². The number of benzene rings is 2. The van der Waals surface area contributed by atoms with Crippen molar-refractivity contribution in [3.63, 3.8) is 0 Å². The van der Waals surface area contributed by atoms with Crippen molar-refractivity contribution in [1.82, 2.24) is 9.80 Å². The van der Waals surface area contributed by atoms with Crippen molar-refractivity contribution >= 4 is 23.5 Å². The molecule has 2 aliphatic heterocycles. The van der Waals surface area contributed by atoms with E-state index in [1.54, 1.807) is 4.90 Å². The smallest absolute Gasteiger partial charge is 0.327 e. The molecule has 5 rings (SSSR count). The van der Waals surface area contributed by atoms with Crippen molar-refractivity contribution in [3.05, 3.63) is 65.2 Å². The molecular formula is C28H33N3O4. The molecule has 0 spiro atoms. The number of imide groups is 1. The summed E-state index contributed by atoms with van der Waals surface area (Å²) < 4.78 is 6.25. The minimum absolute atomic E-state index is 0.0325. The van der Waals surface area contributed by atoms with Gasteiger partial charge in [0.15, 0.2) is 6.10 Å². The van der Waals surface area contributed by atoms with E-state index < -0.39 is 18.2 Å². The lowest BCUT2D eigenvalue weighted by Crippen LogP contribution is -2.65. The van der Waals surface area contributed by atoms with Crippen molar-refractivity contribution in [3.8, 4) is 0 Å². The van der Waals surface area contributed by atoms with E-state index in [0.29, 0.717) is 12.1 Å². The van der Waals surface area contributed by atoms with Gasteiger partial charge in [-0.15, -0.1) is 0 Å². The van der Waals surface area contributed by atoms with Crippen LogP contribution in [0.5, 0.6) is 0 Å². The first-order valence-corrected chi connectivity index (χ1v) is 12.6. The summed E-state index contributed by atoms with van der Waals surface area (Å²) in [5.74, 6) is -0.444. The zero-order valence-electron chi connectivity index (χ0n) is 20.4. The van der Waals surface area contributed by atoms with Crippen molar-refractivity contribution < 1.29 is 19.1 Å². The molecule has 1 aliphatic carbocycles. The molecule has 2 aromatic rings. The van der Waals surface area contributed by atoms with E-state index >= 15 is 0 Å². The maximum absolute atomic E-state index is 13.7. The molecule has 4 amide bonds. The number of rotatable bonds is 6. The number of urea groups is 1. The lowest BCUT2D eigenvalue weighted by atomic mass is 9.81. The average molecular weight is 476 g/mol. The van der Waals surface area contributed by atoms with Gasteiger partial charge < -0.3 is 15.0 Å². The number of carbonyl (C=O) groups excluding carboxylic acids is 3. The SMILES string of the molecule is Cc1ccc(NC(=O)CN2C(=O)N(CCc3ccccc3)C(=O)C3OC4CCCCC4C32)cc1C. The fraction of sp³-hybridized carbons (Fsp3) is 0.464. The van der Waals surface area contributed by atoms with Crippen LogP contribution in [0, 0.1) is 19.8 Å². The summed E-state index contributed by atoms with van der Waals surface area (Å²) in [6.07, 6.45) is 3.74. The Kier molecular flexibility index (Phi) is 6.60. The van der Waals surface area contributed by atoms with Gasteiger partial charge in [0.25, 0.3) is 5.91 Å². The average Bonchev–Trinajstić information content (AvgIpc) is 3.24. The third-order valence-electron chi connectivity index (χ3n) is 7.74. The van der Waals surface area contributed by atoms with Gasteiger partial charge in [-0.05, 0) is 61.9 Å². The molecule has 3 aliphatic rings. The van der Waals surface area contributed by atoms with Crippen LogP contribution in [-0.2, 0) is 20.7 Å². The molecule has 7 nitrogen and oxygen atoms in total. The maximum atomic E-state index is 13.7. The quantitative estimate of drug-likeness (QED) is 0.683. The van der Waals surface area contributed by atoms with Crippen LogP contribution in [0.3, 0.4) is 0 Å². The van der Waals surface area contributed by atoms with Gasteiger partial charge >= 0.3 is 6.03 Å². The zero-order valence-corrected chi connectivity index (χ0v) is 20.4. The Balaban J connectivity index is 1.37. The van der Waals surface area contributed by atoms with Crippen LogP contribution >= 0.6 is 0 Å². The van der Waals surface area contributed by atoms with E-state index in [2.05, 4.69) is 5.32 Å². The van der Waals surface area contributed by atoms with Gasteiger partial charge in [0.1, 0.15) is 6.54 Å². The molecule has 2 heterocycles. The molecule has 0 aromatic heterocycles. The molecule has 0 radical (unpaired) electrons. The van der Waals surface area contributed by atoms with E-state index in [-0.39, 0.29) is 36.9 Å². The molecule has 7 heteroatoms. The predicted octanol–water partition coefficient (Wildman–Crippen LogP) is 4.08. The van der Waals surface area contributed by atoms with E-state index in [4.69, 9.17) is 4.74 Å². The lowest BCUT2D eigenvalue weighted by molar-refractivity contribution is -0.147. The summed E-state index contributed by atoms with van der Waals surface area (Å²) in [6, 6.07) is 14.8. The second-order valence-electron chi connectivity index (χ2n) is 10.0. The molecule has 4 atom stereocenters. The second kappa shape index (κ2) is 9.82. The van der Waals surface area contributed by atoms with E-state index in [1.807, 2.05) is 62.4 Å². The Morgan fingerprint density at radius 3 is 2.57 bits per heavy atom. The number of aryl methyl sites for hydroxylation is 2. The molecule has 3 fully saturated rings. The first-order chi connectivity index (χ1) is 16.9. The fourth-order valence-electron chi connectivity index (χ4n) is 5.75. The van der Waals surface area contributed by atoms with Gasteiger partial charge in [-0.1, -0.05) is 49.2 Å². The van der Waals surface area contributed by atoms with Crippen LogP contribution in [0.4, 0.5) is 10.5 Å². The van der Waals surface area contributed by atoms with Gasteiger partial charge in [-0.2, -0.15) is 0 Å². The van der Waals surface area contributed by atoms with Crippen LogP contribution in [0.15, 0.2) is 48.5 Å². The molecule has 35 heavy (non-hydrogen) atoms. The predicted molar refractivity (Wildman–Crippen MR) is 133 cm³/mol. The summed E-state index contributed by atoms with van der Waals surface area (Å²) in [4.78, 5) is 43.1. The molecule has 0 bridgehead atoms. The highest BCUT2D eigenvalue weighted by molar-refractivity contribution is 6.02. The summed E-state index contributed by atoms with van der Waals surface area (Å²) in [7, 11) is 0. The first kappa shape index (κ1) is 23.5. The molecular weight excluding hydrogens is 442 g/mol. The summed E-state index contributed by atoms with van der Waals surface area (Å²) in [5.41, 5.74) is 3.99. The Morgan fingerprint density at radius 1 is 1.03 bits per heavy atom. The molecule has 1 saturated carbocycles. The minimum atomic E-state index is -0.703. The number of hydrogen-bond donors (Lipinski definition) is 1. The lowest BCUT2D eigenvalue weighted by Gasteiger charge is -2.43. The minimum Gasteiger partial charge on any atom is -0.363 e. The summed E-state index contributed by atoms with van der Waals surface area (Å²) >= 11 is 0. The van der Waals surface area contributed by atoms with Crippen molar-refractivity contribution in [2.45, 2.75) is 64.2 Å². The number of ether oxygens (including phenoxy) is 1. The Hall–Kier alpha value is -3.19.